The number of carbonyl (C=O) groups is 2. The first kappa shape index (κ1) is 25.5. The number of amides is 1. The average molecular weight is 514 g/mol. The van der Waals surface area contributed by atoms with Crippen LogP contribution in [-0.2, 0) is 36.7 Å². The van der Waals surface area contributed by atoms with Crippen molar-refractivity contribution in [1.29, 1.82) is 0 Å². The van der Waals surface area contributed by atoms with Crippen molar-refractivity contribution in [3.8, 4) is 11.1 Å². The largest absolute Gasteiger partial charge is 0.418 e. The molecule has 1 N–H and O–H groups in total. The van der Waals surface area contributed by atoms with Crippen molar-refractivity contribution in [2.75, 3.05) is 5.32 Å². The van der Waals surface area contributed by atoms with Gasteiger partial charge in [-0.3, -0.25) is 9.59 Å². The second-order valence-electron chi connectivity index (χ2n) is 9.64. The molecule has 0 spiro atoms. The summed E-state index contributed by atoms with van der Waals surface area (Å²) < 4.78 is 40.4. The summed E-state index contributed by atoms with van der Waals surface area (Å²) in [7, 11) is 0. The lowest BCUT2D eigenvalue weighted by Gasteiger charge is -2.15. The molecule has 1 amide bonds. The number of alkyl halides is 3. The molecule has 0 aromatic heterocycles. The molecule has 1 aliphatic carbocycles. The van der Waals surface area contributed by atoms with Crippen LogP contribution in [0.2, 0.25) is 0 Å². The molecule has 0 atom stereocenters. The maximum Gasteiger partial charge on any atom is 0.418 e. The Labute approximate surface area is 219 Å². The zero-order valence-electron chi connectivity index (χ0n) is 20.9. The van der Waals surface area contributed by atoms with Crippen LogP contribution >= 0.6 is 0 Å². The van der Waals surface area contributed by atoms with Gasteiger partial charge in [-0.05, 0) is 70.3 Å². The summed E-state index contributed by atoms with van der Waals surface area (Å²) in [5.74, 6) is -0.482. The van der Waals surface area contributed by atoms with Gasteiger partial charge in [-0.2, -0.15) is 13.2 Å². The van der Waals surface area contributed by atoms with Gasteiger partial charge in [0.15, 0.2) is 5.78 Å². The van der Waals surface area contributed by atoms with E-state index in [2.05, 4.69) is 23.5 Å². The van der Waals surface area contributed by atoms with Gasteiger partial charge < -0.3 is 5.32 Å². The van der Waals surface area contributed by atoms with Crippen LogP contribution in [0.4, 0.5) is 18.9 Å². The first-order valence-corrected chi connectivity index (χ1v) is 12.5. The molecule has 0 bridgehead atoms. The fraction of sp³-hybridized carbons (Fsp3) is 0.188. The fourth-order valence-electron chi connectivity index (χ4n) is 5.09. The molecule has 38 heavy (non-hydrogen) atoms. The summed E-state index contributed by atoms with van der Waals surface area (Å²) in [5, 5.41) is 2.25. The van der Waals surface area contributed by atoms with E-state index in [1.165, 1.54) is 24.1 Å². The number of ketones is 1. The molecule has 0 saturated heterocycles. The molecule has 0 unspecified atom stereocenters. The zero-order valence-corrected chi connectivity index (χ0v) is 20.9. The molecule has 5 rings (SSSR count). The van der Waals surface area contributed by atoms with Crippen LogP contribution in [-0.4, -0.2) is 11.7 Å². The van der Waals surface area contributed by atoms with Gasteiger partial charge >= 0.3 is 6.18 Å². The van der Waals surface area contributed by atoms with E-state index in [1.54, 1.807) is 6.07 Å². The van der Waals surface area contributed by atoms with Crippen molar-refractivity contribution in [3.63, 3.8) is 0 Å². The number of Topliss-reactive ketones (excluding diaryl/α,β-unsaturated/α-hetero) is 1. The first-order valence-electron chi connectivity index (χ1n) is 12.5. The van der Waals surface area contributed by atoms with Crippen molar-refractivity contribution in [3.05, 3.63) is 124 Å². The Balaban J connectivity index is 1.25. The van der Waals surface area contributed by atoms with Gasteiger partial charge in [-0.1, -0.05) is 72.8 Å². The highest BCUT2D eigenvalue weighted by Crippen LogP contribution is 2.38. The maximum atomic E-state index is 13.5. The predicted molar refractivity (Wildman–Crippen MR) is 142 cm³/mol. The van der Waals surface area contributed by atoms with Crippen LogP contribution in [0.1, 0.15) is 50.7 Å². The Morgan fingerprint density at radius 2 is 1.45 bits per heavy atom. The molecule has 4 aromatic rings. The number of aryl methyl sites for hydroxylation is 2. The van der Waals surface area contributed by atoms with Gasteiger partial charge in [0.25, 0.3) is 0 Å². The van der Waals surface area contributed by atoms with Crippen LogP contribution in [0.25, 0.3) is 11.1 Å². The smallest absolute Gasteiger partial charge is 0.326 e. The van der Waals surface area contributed by atoms with Gasteiger partial charge in [0.1, 0.15) is 0 Å². The first-order chi connectivity index (χ1) is 18.2. The molecular weight excluding hydrogens is 487 g/mol. The topological polar surface area (TPSA) is 46.2 Å². The second-order valence-corrected chi connectivity index (χ2v) is 9.64. The molecule has 1 aliphatic rings. The lowest BCUT2D eigenvalue weighted by molar-refractivity contribution is -0.137. The summed E-state index contributed by atoms with van der Waals surface area (Å²) >= 11 is 0. The minimum atomic E-state index is -4.57. The van der Waals surface area contributed by atoms with E-state index in [4.69, 9.17) is 0 Å². The Bertz CT molecular complexity index is 1520. The van der Waals surface area contributed by atoms with Gasteiger partial charge in [0.2, 0.25) is 5.91 Å². The summed E-state index contributed by atoms with van der Waals surface area (Å²) in [6.45, 7) is 1.18. The summed E-state index contributed by atoms with van der Waals surface area (Å²) in [6.07, 6.45) is -2.56. The van der Waals surface area contributed by atoms with E-state index < -0.39 is 17.6 Å². The highest BCUT2D eigenvalue weighted by atomic mass is 19.4. The van der Waals surface area contributed by atoms with Gasteiger partial charge in [0.05, 0.1) is 11.3 Å². The van der Waals surface area contributed by atoms with Crippen molar-refractivity contribution in [1.82, 2.24) is 0 Å². The molecule has 192 valence electrons. The average Bonchev–Trinajstić information content (AvgIpc) is 3.27. The molecule has 6 heteroatoms. The fourth-order valence-corrected chi connectivity index (χ4v) is 5.09. The monoisotopic (exact) mass is 513 g/mol. The lowest BCUT2D eigenvalue weighted by Crippen LogP contribution is -2.14. The number of fused-ring (bicyclic) bond motifs is 3. The minimum Gasteiger partial charge on any atom is -0.326 e. The molecule has 0 heterocycles. The number of halogens is 3. The number of rotatable bonds is 7. The number of hydrogen-bond donors (Lipinski definition) is 1. The predicted octanol–water partition coefficient (Wildman–Crippen LogP) is 7.45. The normalized spacial score (nSPS) is 12.1. The lowest BCUT2D eigenvalue weighted by atomic mass is 9.94. The number of hydrogen-bond acceptors (Lipinski definition) is 2. The summed E-state index contributed by atoms with van der Waals surface area (Å²) in [5.41, 5.74) is 6.69. The Morgan fingerprint density at radius 3 is 2.18 bits per heavy atom. The molecule has 0 aliphatic heterocycles. The number of benzene rings is 4. The molecular formula is C32H26F3NO2. The van der Waals surface area contributed by atoms with Crippen molar-refractivity contribution in [2.45, 2.75) is 38.8 Å². The van der Waals surface area contributed by atoms with Crippen LogP contribution in [0, 0.1) is 0 Å². The van der Waals surface area contributed by atoms with E-state index in [9.17, 15) is 22.8 Å². The summed E-state index contributed by atoms with van der Waals surface area (Å²) in [4.78, 5) is 24.5. The molecule has 3 nitrogen and oxygen atoms in total. The second kappa shape index (κ2) is 10.3. The Kier molecular flexibility index (Phi) is 6.89. The molecule has 4 aromatic carbocycles. The third-order valence-corrected chi connectivity index (χ3v) is 6.94. The highest BCUT2D eigenvalue weighted by Gasteiger charge is 2.34. The third-order valence-electron chi connectivity index (χ3n) is 6.94. The SMILES string of the molecule is CC(=O)Nc1ccc(CCc2ccc(CC(=O)c3cccc4c3Cc3ccccc3-4)cc2)cc1C(F)(F)F. The van der Waals surface area contributed by atoms with Gasteiger partial charge in [0, 0.05) is 18.9 Å². The Hall–Kier alpha value is -4.19. The van der Waals surface area contributed by atoms with E-state index in [0.717, 1.165) is 40.3 Å². The van der Waals surface area contributed by atoms with Crippen molar-refractivity contribution >= 4 is 17.4 Å². The number of nitrogens with one attached hydrogen (secondary N) is 1. The molecule has 0 saturated carbocycles. The van der Waals surface area contributed by atoms with Gasteiger partial charge in [-0.15, -0.1) is 0 Å². The van der Waals surface area contributed by atoms with E-state index in [0.29, 0.717) is 18.4 Å². The van der Waals surface area contributed by atoms with E-state index >= 15 is 0 Å². The van der Waals surface area contributed by atoms with Crippen LogP contribution in [0.3, 0.4) is 0 Å². The van der Waals surface area contributed by atoms with E-state index in [-0.39, 0.29) is 17.9 Å². The van der Waals surface area contributed by atoms with E-state index in [1.807, 2.05) is 48.5 Å². The standard InChI is InChI=1S/C32H26F3NO2/c1-20(37)36-30-16-15-22(17-29(30)32(33,34)35)12-9-21-10-13-23(14-11-21)18-31(38)27-8-4-7-26-25-6-3-2-5-24(25)19-28(26)27/h2-8,10-11,13-17H,9,12,18-19H2,1H3,(H,36,37). The molecule has 0 radical (unpaired) electrons. The van der Waals surface area contributed by atoms with Crippen LogP contribution in [0.5, 0.6) is 0 Å². The quantitative estimate of drug-likeness (QED) is 0.230. The summed E-state index contributed by atoms with van der Waals surface area (Å²) in [6, 6.07) is 25.8. The third kappa shape index (κ3) is 5.40. The van der Waals surface area contributed by atoms with Gasteiger partial charge in [-0.25, -0.2) is 0 Å². The zero-order chi connectivity index (χ0) is 26.9. The van der Waals surface area contributed by atoms with Crippen molar-refractivity contribution in [2.24, 2.45) is 0 Å². The highest BCUT2D eigenvalue weighted by molar-refractivity contribution is 6.01. The van der Waals surface area contributed by atoms with Crippen molar-refractivity contribution < 1.29 is 22.8 Å². The van der Waals surface area contributed by atoms with Crippen LogP contribution in [0.15, 0.2) is 84.9 Å². The number of carbonyl (C=O) groups excluding carboxylic acids is 2. The minimum absolute atomic E-state index is 0.0707. The van der Waals surface area contributed by atoms with Crippen LogP contribution < -0.4 is 5.32 Å². The Morgan fingerprint density at radius 1 is 0.789 bits per heavy atom. The number of anilines is 1. The maximum absolute atomic E-state index is 13.5. The molecule has 0 fully saturated rings.